The van der Waals surface area contributed by atoms with Crippen LogP contribution in [0.2, 0.25) is 0 Å². The van der Waals surface area contributed by atoms with Crippen molar-refractivity contribution in [2.75, 3.05) is 33.2 Å². The number of likely N-dealkylation sites (tertiary alicyclic amines) is 1. The van der Waals surface area contributed by atoms with Crippen molar-refractivity contribution >= 4 is 29.6 Å². The van der Waals surface area contributed by atoms with Crippen LogP contribution in [0.1, 0.15) is 25.7 Å². The van der Waals surface area contributed by atoms with Crippen LogP contribution >= 0.6 is 0 Å². The largest absolute Gasteiger partial charge is 0.370 e. The molecular formula is C16H30N8O4. The van der Waals surface area contributed by atoms with Crippen LogP contribution in [-0.4, -0.2) is 84.7 Å². The molecule has 12 heteroatoms. The molecule has 0 saturated carbocycles. The highest BCUT2D eigenvalue weighted by atomic mass is 16.2. The minimum absolute atomic E-state index is 0.0698. The number of aliphatic imine (C=N–C) groups is 1. The van der Waals surface area contributed by atoms with E-state index in [0.29, 0.717) is 25.8 Å². The molecule has 158 valence electrons. The van der Waals surface area contributed by atoms with Gasteiger partial charge in [-0.1, -0.05) is 0 Å². The van der Waals surface area contributed by atoms with Gasteiger partial charge in [0.1, 0.15) is 12.1 Å². The highest BCUT2D eigenvalue weighted by Crippen LogP contribution is 2.18. The van der Waals surface area contributed by atoms with E-state index in [4.69, 9.17) is 22.9 Å². The number of likely N-dealkylation sites (N-methyl/N-ethyl adjacent to an activating group) is 1. The second-order valence-electron chi connectivity index (χ2n) is 6.62. The summed E-state index contributed by atoms with van der Waals surface area (Å²) in [4.78, 5) is 54.8. The lowest BCUT2D eigenvalue weighted by Gasteiger charge is -2.28. The summed E-state index contributed by atoms with van der Waals surface area (Å²) >= 11 is 0. The average molecular weight is 398 g/mol. The van der Waals surface area contributed by atoms with Gasteiger partial charge in [0.05, 0.1) is 13.1 Å². The Morgan fingerprint density at radius 3 is 2.50 bits per heavy atom. The Hall–Kier alpha value is -2.89. The summed E-state index contributed by atoms with van der Waals surface area (Å²) in [5.74, 6) is -1.96. The Morgan fingerprint density at radius 2 is 1.93 bits per heavy atom. The highest BCUT2D eigenvalue weighted by molar-refractivity contribution is 5.93. The van der Waals surface area contributed by atoms with E-state index in [0.717, 1.165) is 4.90 Å². The lowest BCUT2D eigenvalue weighted by Crippen LogP contribution is -2.54. The summed E-state index contributed by atoms with van der Waals surface area (Å²) in [6, 6.07) is -1.58. The van der Waals surface area contributed by atoms with Gasteiger partial charge in [0.25, 0.3) is 0 Å². The number of hydrogen-bond donors (Lipinski definition) is 5. The van der Waals surface area contributed by atoms with E-state index in [-0.39, 0.29) is 37.9 Å². The second-order valence-corrected chi connectivity index (χ2v) is 6.62. The van der Waals surface area contributed by atoms with Crippen molar-refractivity contribution in [1.29, 1.82) is 0 Å². The van der Waals surface area contributed by atoms with E-state index in [1.807, 2.05) is 0 Å². The van der Waals surface area contributed by atoms with Gasteiger partial charge in [-0.05, 0) is 25.7 Å². The molecule has 0 aromatic heterocycles. The number of amides is 4. The number of guanidine groups is 1. The number of carbonyl (C=O) groups excluding carboxylic acids is 4. The topological polar surface area (TPSA) is 203 Å². The molecule has 1 rings (SSSR count). The van der Waals surface area contributed by atoms with Crippen molar-refractivity contribution < 1.29 is 19.2 Å². The fourth-order valence-electron chi connectivity index (χ4n) is 3.06. The lowest BCUT2D eigenvalue weighted by atomic mass is 10.1. The molecular weight excluding hydrogens is 368 g/mol. The molecule has 0 unspecified atom stereocenters. The molecule has 0 aromatic carbocycles. The predicted octanol–water partition coefficient (Wildman–Crippen LogP) is -3.58. The number of rotatable bonds is 10. The van der Waals surface area contributed by atoms with E-state index >= 15 is 0 Å². The number of nitrogens with zero attached hydrogens (tertiary/aromatic N) is 3. The van der Waals surface area contributed by atoms with Crippen molar-refractivity contribution in [3.63, 3.8) is 0 Å². The number of nitrogens with two attached hydrogens (primary N) is 4. The Labute approximate surface area is 163 Å². The molecule has 1 aliphatic heterocycles. The number of hydrogen-bond acceptors (Lipinski definition) is 6. The van der Waals surface area contributed by atoms with E-state index in [1.54, 1.807) is 0 Å². The molecule has 1 aliphatic rings. The summed E-state index contributed by atoms with van der Waals surface area (Å²) in [5.41, 5.74) is 21.1. The molecule has 0 bridgehead atoms. The van der Waals surface area contributed by atoms with Crippen LogP contribution in [0.3, 0.4) is 0 Å². The Balaban J connectivity index is 2.83. The van der Waals surface area contributed by atoms with Crippen LogP contribution in [0.15, 0.2) is 4.99 Å². The molecule has 12 nitrogen and oxygen atoms in total. The van der Waals surface area contributed by atoms with Gasteiger partial charge in [-0.15, -0.1) is 0 Å². The Bertz CT molecular complexity index is 620. The number of primary amides is 1. The van der Waals surface area contributed by atoms with E-state index in [9.17, 15) is 19.2 Å². The summed E-state index contributed by atoms with van der Waals surface area (Å²) in [7, 11) is 1.42. The van der Waals surface area contributed by atoms with Gasteiger partial charge in [-0.25, -0.2) is 0 Å². The van der Waals surface area contributed by atoms with Crippen LogP contribution in [0.25, 0.3) is 0 Å². The zero-order valence-corrected chi connectivity index (χ0v) is 16.1. The first kappa shape index (κ1) is 23.1. The van der Waals surface area contributed by atoms with Gasteiger partial charge in [0, 0.05) is 20.1 Å². The van der Waals surface area contributed by atoms with Crippen molar-refractivity contribution in [3.05, 3.63) is 0 Å². The van der Waals surface area contributed by atoms with Gasteiger partial charge in [-0.3, -0.25) is 24.2 Å². The Kier molecular flexibility index (Phi) is 9.15. The molecule has 0 aliphatic carbocycles. The molecule has 9 N–H and O–H groups in total. The van der Waals surface area contributed by atoms with Gasteiger partial charge in [-0.2, -0.15) is 0 Å². The molecule has 0 spiro atoms. The third-order valence-corrected chi connectivity index (χ3v) is 4.38. The van der Waals surface area contributed by atoms with Gasteiger partial charge >= 0.3 is 0 Å². The molecule has 1 fully saturated rings. The van der Waals surface area contributed by atoms with Crippen molar-refractivity contribution in [3.8, 4) is 0 Å². The number of carbonyl (C=O) groups is 4. The van der Waals surface area contributed by atoms with Crippen molar-refractivity contribution in [1.82, 2.24) is 15.1 Å². The first-order valence-corrected chi connectivity index (χ1v) is 9.06. The maximum absolute atomic E-state index is 12.7. The van der Waals surface area contributed by atoms with Gasteiger partial charge in [0.15, 0.2) is 5.96 Å². The van der Waals surface area contributed by atoms with Crippen molar-refractivity contribution in [2.24, 2.45) is 27.9 Å². The van der Waals surface area contributed by atoms with Crippen LogP contribution < -0.4 is 28.3 Å². The first-order chi connectivity index (χ1) is 13.2. The van der Waals surface area contributed by atoms with Gasteiger partial charge in [0.2, 0.25) is 23.6 Å². The van der Waals surface area contributed by atoms with Crippen LogP contribution in [0.4, 0.5) is 0 Å². The minimum atomic E-state index is -0.901. The number of nitrogens with one attached hydrogen (secondary N) is 1. The first-order valence-electron chi connectivity index (χ1n) is 9.06. The van der Waals surface area contributed by atoms with Gasteiger partial charge < -0.3 is 38.1 Å². The molecule has 0 aromatic rings. The SMILES string of the molecule is CN(CC(N)=O)C(=O)[C@H](CCCN=C(N)N)NC(=O)[C@@H]1CCCN1C(=O)CN. The zero-order valence-electron chi connectivity index (χ0n) is 16.1. The molecule has 1 saturated heterocycles. The predicted molar refractivity (Wildman–Crippen MR) is 102 cm³/mol. The molecule has 2 atom stereocenters. The molecule has 0 radical (unpaired) electrons. The normalized spacial score (nSPS) is 16.9. The lowest BCUT2D eigenvalue weighted by molar-refractivity contribution is -0.141. The molecule has 28 heavy (non-hydrogen) atoms. The quantitative estimate of drug-likeness (QED) is 0.142. The average Bonchev–Trinajstić information content (AvgIpc) is 3.11. The third-order valence-electron chi connectivity index (χ3n) is 4.38. The summed E-state index contributed by atoms with van der Waals surface area (Å²) < 4.78 is 0. The van der Waals surface area contributed by atoms with Crippen LogP contribution in [0, 0.1) is 0 Å². The second kappa shape index (κ2) is 11.1. The van der Waals surface area contributed by atoms with E-state index < -0.39 is 29.8 Å². The van der Waals surface area contributed by atoms with Crippen LogP contribution in [0.5, 0.6) is 0 Å². The minimum Gasteiger partial charge on any atom is -0.370 e. The summed E-state index contributed by atoms with van der Waals surface area (Å²) in [6.07, 6.45) is 1.84. The fourth-order valence-corrected chi connectivity index (χ4v) is 3.06. The maximum atomic E-state index is 12.7. The van der Waals surface area contributed by atoms with Crippen LogP contribution in [-0.2, 0) is 19.2 Å². The maximum Gasteiger partial charge on any atom is 0.245 e. The summed E-state index contributed by atoms with van der Waals surface area (Å²) in [6.45, 7) is 0.258. The third kappa shape index (κ3) is 7.02. The van der Waals surface area contributed by atoms with E-state index in [2.05, 4.69) is 10.3 Å². The zero-order chi connectivity index (χ0) is 21.3. The summed E-state index contributed by atoms with van der Waals surface area (Å²) in [5, 5.41) is 2.68. The monoisotopic (exact) mass is 398 g/mol. The molecule has 1 heterocycles. The Morgan fingerprint density at radius 1 is 1.25 bits per heavy atom. The highest BCUT2D eigenvalue weighted by Gasteiger charge is 2.35. The van der Waals surface area contributed by atoms with Crippen molar-refractivity contribution in [2.45, 2.75) is 37.8 Å². The van der Waals surface area contributed by atoms with E-state index in [1.165, 1.54) is 11.9 Å². The molecule has 4 amide bonds. The standard InChI is InChI=1S/C16H30N8O4/c1-23(9-12(18)25)15(28)10(4-2-6-21-16(19)20)22-14(27)11-5-3-7-24(11)13(26)8-17/h10-11H,2-9,17H2,1H3,(H2,18,25)(H,22,27)(H4,19,20,21)/t10-,11-/m0/s1. The smallest absolute Gasteiger partial charge is 0.245 e. The fraction of sp³-hybridized carbons (Fsp3) is 0.688.